The van der Waals surface area contributed by atoms with E-state index < -0.39 is 24.1 Å². The van der Waals surface area contributed by atoms with Gasteiger partial charge < -0.3 is 21.1 Å². The molecule has 1 saturated carbocycles. The van der Waals surface area contributed by atoms with E-state index >= 15 is 0 Å². The number of imidazole rings is 1. The van der Waals surface area contributed by atoms with Crippen molar-refractivity contribution in [2.45, 2.75) is 123 Å². The lowest BCUT2D eigenvalue weighted by molar-refractivity contribution is -0.376. The molecule has 6 N–H and O–H groups in total. The molecule has 1 heterocycles. The maximum atomic E-state index is 14.9. The Hall–Kier alpha value is -5.02. The molecule has 4 aromatic carbocycles. The number of amides is 3. The van der Waals surface area contributed by atoms with Gasteiger partial charge in [-0.3, -0.25) is 19.4 Å². The third-order valence-electron chi connectivity index (χ3n) is 12.8. The van der Waals surface area contributed by atoms with Gasteiger partial charge in [-0.1, -0.05) is 151 Å². The number of carbonyl (C=O) groups is 3. The first-order valence-corrected chi connectivity index (χ1v) is 22.6. The number of carbonyl (C=O) groups excluding carboxylic acids is 3. The summed E-state index contributed by atoms with van der Waals surface area (Å²) in [6, 6.07) is 27.5. The summed E-state index contributed by atoms with van der Waals surface area (Å²) in [5.41, 5.74) is 2.93. The molecule has 320 valence electrons. The Bertz CT molecular complexity index is 2030. The normalized spacial score (nSPS) is 16.1. The third kappa shape index (κ3) is 12.5. The second kappa shape index (κ2) is 22.0. The molecular weight excluding hydrogens is 747 g/mol. The number of aliphatic hydroxyl groups excluding tert-OH is 1. The Morgan fingerprint density at radius 2 is 1.35 bits per heavy atom. The fourth-order valence-electron chi connectivity index (χ4n) is 9.16. The highest BCUT2D eigenvalue weighted by Gasteiger charge is 2.34. The summed E-state index contributed by atoms with van der Waals surface area (Å²) in [7, 11) is 0. The standard InChI is InChI=1S/C51H67N5O4/c1-5-35(4)31-53-49(58)41(25-34(2)3)29-48(57)46(26-36-15-7-6-8-16-36)55-51(60)47(30-43-32-52-33-54-43)56-50(59)42(27-39-21-13-19-37-17-9-11-23-44(37)39)28-40-22-14-20-38-18-10-12-24-45(38)40/h9-14,17-24,32-36,41-42,46-48,57H,5-8,15-16,25-31H2,1-4H3,(H,52,54)(H,53,58)(H,55,60)(H,56,59)/p+1/t35-,41+,46-,47-,48-/m0/s1. The molecule has 0 radical (unpaired) electrons. The van der Waals surface area contributed by atoms with E-state index in [4.69, 9.17) is 0 Å². The van der Waals surface area contributed by atoms with Crippen molar-refractivity contribution in [3.63, 3.8) is 0 Å². The molecule has 1 fully saturated rings. The van der Waals surface area contributed by atoms with E-state index in [0.29, 0.717) is 44.1 Å². The van der Waals surface area contributed by atoms with Gasteiger partial charge in [0.15, 0.2) is 0 Å². The molecule has 5 atom stereocenters. The first-order valence-electron chi connectivity index (χ1n) is 22.6. The summed E-state index contributed by atoms with van der Waals surface area (Å²) in [4.78, 5) is 49.4. The monoisotopic (exact) mass is 815 g/mol. The van der Waals surface area contributed by atoms with Gasteiger partial charge in [0.2, 0.25) is 24.0 Å². The summed E-state index contributed by atoms with van der Waals surface area (Å²) >= 11 is 0. The first-order chi connectivity index (χ1) is 29.1. The summed E-state index contributed by atoms with van der Waals surface area (Å²) < 4.78 is 0. The number of aliphatic hydroxyl groups is 1. The lowest BCUT2D eigenvalue weighted by atomic mass is 9.81. The molecule has 5 aromatic rings. The molecule has 60 heavy (non-hydrogen) atoms. The molecule has 1 aliphatic carbocycles. The van der Waals surface area contributed by atoms with Crippen LogP contribution in [0.5, 0.6) is 0 Å². The van der Waals surface area contributed by atoms with Crippen molar-refractivity contribution in [3.8, 4) is 0 Å². The van der Waals surface area contributed by atoms with Gasteiger partial charge in [-0.25, -0.2) is 4.98 Å². The predicted molar refractivity (Wildman–Crippen MR) is 241 cm³/mol. The molecule has 9 nitrogen and oxygen atoms in total. The van der Waals surface area contributed by atoms with Crippen LogP contribution in [0.2, 0.25) is 0 Å². The van der Waals surface area contributed by atoms with Crippen LogP contribution in [0.25, 0.3) is 21.5 Å². The zero-order chi connectivity index (χ0) is 42.4. The van der Waals surface area contributed by atoms with Gasteiger partial charge in [0.05, 0.1) is 12.1 Å². The van der Waals surface area contributed by atoms with Gasteiger partial charge in [-0.05, 0) is 82.5 Å². The minimum Gasteiger partial charge on any atom is -0.391 e. The van der Waals surface area contributed by atoms with E-state index in [2.05, 4.69) is 102 Å². The van der Waals surface area contributed by atoms with Gasteiger partial charge in [-0.15, -0.1) is 0 Å². The van der Waals surface area contributed by atoms with Crippen LogP contribution in [0.4, 0.5) is 0 Å². The van der Waals surface area contributed by atoms with Gasteiger partial charge in [0.25, 0.3) is 0 Å². The van der Waals surface area contributed by atoms with Crippen molar-refractivity contribution in [2.24, 2.45) is 29.6 Å². The highest BCUT2D eigenvalue weighted by molar-refractivity contribution is 5.91. The number of fused-ring (bicyclic) bond motifs is 2. The second-order valence-corrected chi connectivity index (χ2v) is 18.0. The zero-order valence-corrected chi connectivity index (χ0v) is 36.2. The molecule has 1 aromatic heterocycles. The average Bonchev–Trinajstić information content (AvgIpc) is 3.78. The summed E-state index contributed by atoms with van der Waals surface area (Å²) in [5, 5.41) is 26.1. The molecule has 0 saturated heterocycles. The summed E-state index contributed by atoms with van der Waals surface area (Å²) in [5.74, 6) is -0.471. The third-order valence-corrected chi connectivity index (χ3v) is 12.8. The van der Waals surface area contributed by atoms with Crippen molar-refractivity contribution < 1.29 is 24.5 Å². The average molecular weight is 815 g/mol. The lowest BCUT2D eigenvalue weighted by Crippen LogP contribution is -2.55. The number of aromatic amines is 2. The number of aromatic nitrogens is 2. The fraction of sp³-hybridized carbons (Fsp3) is 0.490. The molecule has 0 spiro atoms. The molecule has 3 amide bonds. The number of rotatable bonds is 21. The Morgan fingerprint density at radius 3 is 1.93 bits per heavy atom. The Morgan fingerprint density at radius 1 is 0.733 bits per heavy atom. The van der Waals surface area contributed by atoms with E-state index in [1.807, 2.05) is 36.4 Å². The van der Waals surface area contributed by atoms with Crippen LogP contribution in [-0.4, -0.2) is 52.5 Å². The number of benzene rings is 4. The van der Waals surface area contributed by atoms with Crippen LogP contribution in [-0.2, 0) is 33.6 Å². The topological polar surface area (TPSA) is 137 Å². The highest BCUT2D eigenvalue weighted by atomic mass is 16.3. The fourth-order valence-corrected chi connectivity index (χ4v) is 9.16. The summed E-state index contributed by atoms with van der Waals surface area (Å²) in [6.07, 6.45) is 11.8. The number of nitrogens with one attached hydrogen (secondary N) is 5. The first kappa shape index (κ1) is 44.5. The Labute approximate surface area is 356 Å². The van der Waals surface area contributed by atoms with Crippen LogP contribution in [0, 0.1) is 29.6 Å². The summed E-state index contributed by atoms with van der Waals surface area (Å²) in [6.45, 7) is 9.04. The van der Waals surface area contributed by atoms with E-state index in [1.165, 1.54) is 6.42 Å². The van der Waals surface area contributed by atoms with Gasteiger partial charge in [0.1, 0.15) is 17.9 Å². The van der Waals surface area contributed by atoms with Crippen LogP contribution in [0.3, 0.4) is 0 Å². The van der Waals surface area contributed by atoms with E-state index in [-0.39, 0.29) is 42.4 Å². The Balaban J connectivity index is 1.27. The number of H-pyrrole nitrogens is 2. The molecular formula is C51H68N5O4+. The molecule has 9 heteroatoms. The van der Waals surface area contributed by atoms with E-state index in [9.17, 15) is 19.5 Å². The molecule has 1 aliphatic rings. The van der Waals surface area contributed by atoms with Crippen molar-refractivity contribution in [1.29, 1.82) is 0 Å². The minimum atomic E-state index is -0.936. The van der Waals surface area contributed by atoms with E-state index in [0.717, 1.165) is 70.5 Å². The molecule has 6 rings (SSSR count). The smallest absolute Gasteiger partial charge is 0.243 e. The zero-order valence-electron chi connectivity index (χ0n) is 36.2. The van der Waals surface area contributed by atoms with Crippen LogP contribution >= 0.6 is 0 Å². The minimum absolute atomic E-state index is 0.0395. The molecule has 0 aliphatic heterocycles. The number of hydrogen-bond donors (Lipinski definition) is 5. The van der Waals surface area contributed by atoms with Crippen LogP contribution in [0.15, 0.2) is 97.5 Å². The van der Waals surface area contributed by atoms with Crippen molar-refractivity contribution in [1.82, 2.24) is 20.9 Å². The lowest BCUT2D eigenvalue weighted by Gasteiger charge is -2.33. The largest absolute Gasteiger partial charge is 0.391 e. The SMILES string of the molecule is CC[C@H](C)CNC(=O)[C@H](CC(C)C)C[C@H](O)[C@H](CC1CCCCC1)NC(=O)[C@H](Cc1c[nH+]c[nH]1)NC(=O)C(Cc1cccc2ccccc12)Cc1cccc2ccccc12. The second-order valence-electron chi connectivity index (χ2n) is 18.0. The van der Waals surface area contributed by atoms with E-state index in [1.54, 1.807) is 12.5 Å². The Kier molecular flexibility index (Phi) is 16.3. The van der Waals surface area contributed by atoms with Crippen LogP contribution in [0.1, 0.15) is 102 Å². The molecule has 0 bridgehead atoms. The van der Waals surface area contributed by atoms with Crippen LogP contribution < -0.4 is 20.9 Å². The van der Waals surface area contributed by atoms with Crippen molar-refractivity contribution in [2.75, 3.05) is 6.54 Å². The van der Waals surface area contributed by atoms with Gasteiger partial charge in [-0.2, -0.15) is 0 Å². The van der Waals surface area contributed by atoms with Gasteiger partial charge in [0, 0.05) is 24.8 Å². The number of hydrogen-bond acceptors (Lipinski definition) is 4. The maximum absolute atomic E-state index is 14.9. The highest BCUT2D eigenvalue weighted by Crippen LogP contribution is 2.31. The molecule has 0 unspecified atom stereocenters. The maximum Gasteiger partial charge on any atom is 0.243 e. The van der Waals surface area contributed by atoms with Crippen molar-refractivity contribution >= 4 is 39.3 Å². The van der Waals surface area contributed by atoms with Crippen molar-refractivity contribution in [3.05, 3.63) is 114 Å². The quantitative estimate of drug-likeness (QED) is 0.0509. The predicted octanol–water partition coefficient (Wildman–Crippen LogP) is 8.29. The van der Waals surface area contributed by atoms with Gasteiger partial charge >= 0.3 is 0 Å².